The van der Waals surface area contributed by atoms with Crippen LogP contribution in [0.15, 0.2) is 58.9 Å². The van der Waals surface area contributed by atoms with Crippen LogP contribution in [-0.4, -0.2) is 34.8 Å². The quantitative estimate of drug-likeness (QED) is 0.288. The Balaban J connectivity index is 1.48. The summed E-state index contributed by atoms with van der Waals surface area (Å²) in [5, 5.41) is 8.80. The van der Waals surface area contributed by atoms with E-state index in [4.69, 9.17) is 11.5 Å². The van der Waals surface area contributed by atoms with E-state index in [1.54, 1.807) is 59.7 Å². The highest BCUT2D eigenvalue weighted by Gasteiger charge is 2.12. The van der Waals surface area contributed by atoms with E-state index < -0.39 is 0 Å². The van der Waals surface area contributed by atoms with Crippen LogP contribution in [0.2, 0.25) is 0 Å². The third-order valence-corrected chi connectivity index (χ3v) is 6.05. The second-order valence-electron chi connectivity index (χ2n) is 8.08. The lowest BCUT2D eigenvalue weighted by Gasteiger charge is -2.17. The van der Waals surface area contributed by atoms with Gasteiger partial charge in [-0.25, -0.2) is 14.8 Å². The van der Waals surface area contributed by atoms with E-state index in [0.29, 0.717) is 35.9 Å². The molecule has 1 heterocycles. The minimum absolute atomic E-state index is 0.0418. The molecule has 1 aromatic heterocycles. The molecule has 178 valence electrons. The van der Waals surface area contributed by atoms with Crippen molar-refractivity contribution in [1.82, 2.24) is 15.2 Å². The van der Waals surface area contributed by atoms with Gasteiger partial charge in [-0.3, -0.25) is 4.79 Å². The van der Waals surface area contributed by atoms with Crippen LogP contribution < -0.4 is 22.1 Å². The molecule has 0 aliphatic rings. The lowest BCUT2D eigenvalue weighted by molar-refractivity contribution is 0.102. The Hall–Kier alpha value is -3.92. The zero-order chi connectivity index (χ0) is 24.7. The average Bonchev–Trinajstić information content (AvgIpc) is 3.27. The number of aromatic nitrogens is 1. The predicted octanol–water partition coefficient (Wildman–Crippen LogP) is 3.77. The molecule has 0 bridgehead atoms. The Kier molecular flexibility index (Phi) is 8.20. The van der Waals surface area contributed by atoms with Crippen molar-refractivity contribution in [2.24, 2.45) is 16.5 Å². The molecule has 6 N–H and O–H groups in total. The molecule has 0 atom stereocenters. The van der Waals surface area contributed by atoms with Crippen LogP contribution in [-0.2, 0) is 13.1 Å². The minimum atomic E-state index is -0.249. The first-order valence-electron chi connectivity index (χ1n) is 10.7. The van der Waals surface area contributed by atoms with Crippen molar-refractivity contribution in [3.05, 3.63) is 75.7 Å². The van der Waals surface area contributed by atoms with Gasteiger partial charge in [-0.1, -0.05) is 26.0 Å². The number of nitrogens with two attached hydrogens (primary N) is 2. The van der Waals surface area contributed by atoms with Crippen LogP contribution in [0.25, 0.3) is 0 Å². The lowest BCUT2D eigenvalue weighted by atomic mass is 10.1. The molecule has 34 heavy (non-hydrogen) atoms. The van der Waals surface area contributed by atoms with Crippen LogP contribution in [0, 0.1) is 0 Å². The number of amides is 3. The van der Waals surface area contributed by atoms with Gasteiger partial charge in [0.15, 0.2) is 5.96 Å². The van der Waals surface area contributed by atoms with Crippen molar-refractivity contribution in [1.29, 1.82) is 0 Å². The fourth-order valence-electron chi connectivity index (χ4n) is 3.03. The Bertz CT molecular complexity index is 1150. The second kappa shape index (κ2) is 11.3. The average molecular weight is 480 g/mol. The number of aliphatic imine (C=N–C) groups is 1. The van der Waals surface area contributed by atoms with E-state index in [9.17, 15) is 9.59 Å². The smallest absolute Gasteiger partial charge is 0.317 e. The Morgan fingerprint density at radius 3 is 2.35 bits per heavy atom. The SMILES string of the molecule is CC(C)c1nc(CN(C)C(=O)NCc2ccc(NC(=O)c3ccc(N=C(N)N)cc3)cc2)cs1. The maximum absolute atomic E-state index is 12.4. The van der Waals surface area contributed by atoms with Crippen molar-refractivity contribution in [3.8, 4) is 0 Å². The standard InChI is InChI=1S/C24H29N7O2S/c1-15(2)22-29-20(14-34-22)13-31(3)24(33)27-12-16-4-8-18(9-5-16)28-21(32)17-6-10-19(11-7-17)30-23(25)26/h4-11,14-15H,12-13H2,1-3H3,(H,27,33)(H,28,32)(H4,25,26,30). The molecule has 9 nitrogen and oxygen atoms in total. The number of thiazole rings is 1. The van der Waals surface area contributed by atoms with E-state index in [0.717, 1.165) is 16.3 Å². The molecular formula is C24H29N7O2S. The van der Waals surface area contributed by atoms with Gasteiger partial charge >= 0.3 is 6.03 Å². The highest BCUT2D eigenvalue weighted by molar-refractivity contribution is 7.09. The zero-order valence-electron chi connectivity index (χ0n) is 19.4. The summed E-state index contributed by atoms with van der Waals surface area (Å²) in [7, 11) is 1.74. The Morgan fingerprint density at radius 2 is 1.76 bits per heavy atom. The van der Waals surface area contributed by atoms with Gasteiger partial charge < -0.3 is 27.0 Å². The highest BCUT2D eigenvalue weighted by Crippen LogP contribution is 2.20. The molecule has 3 aromatic rings. The Morgan fingerprint density at radius 1 is 1.09 bits per heavy atom. The summed E-state index contributed by atoms with van der Waals surface area (Å²) in [4.78, 5) is 35.0. The molecule has 0 aliphatic carbocycles. The molecule has 0 saturated carbocycles. The van der Waals surface area contributed by atoms with Gasteiger partial charge in [0.05, 0.1) is 22.9 Å². The third kappa shape index (κ3) is 7.04. The van der Waals surface area contributed by atoms with Crippen molar-refractivity contribution < 1.29 is 9.59 Å². The van der Waals surface area contributed by atoms with Crippen molar-refractivity contribution in [2.75, 3.05) is 12.4 Å². The molecular weight excluding hydrogens is 450 g/mol. The minimum Gasteiger partial charge on any atom is -0.370 e. The summed E-state index contributed by atoms with van der Waals surface area (Å²) in [6.45, 7) is 5.02. The maximum Gasteiger partial charge on any atom is 0.317 e. The van der Waals surface area contributed by atoms with Gasteiger partial charge in [-0.15, -0.1) is 11.3 Å². The van der Waals surface area contributed by atoms with E-state index in [1.165, 1.54) is 0 Å². The summed E-state index contributed by atoms with van der Waals surface area (Å²) in [6, 6.07) is 13.7. The van der Waals surface area contributed by atoms with Gasteiger partial charge in [0.25, 0.3) is 5.91 Å². The van der Waals surface area contributed by atoms with Crippen LogP contribution >= 0.6 is 11.3 Å². The number of urea groups is 1. The largest absolute Gasteiger partial charge is 0.370 e. The van der Waals surface area contributed by atoms with E-state index in [-0.39, 0.29) is 17.9 Å². The third-order valence-electron chi connectivity index (χ3n) is 4.85. The number of nitrogens with one attached hydrogen (secondary N) is 2. The molecule has 0 unspecified atom stereocenters. The molecule has 0 radical (unpaired) electrons. The molecule has 3 amide bonds. The van der Waals surface area contributed by atoms with Crippen molar-refractivity contribution in [3.63, 3.8) is 0 Å². The Labute approximate surface area is 202 Å². The molecule has 2 aromatic carbocycles. The van der Waals surface area contributed by atoms with Crippen LogP contribution in [0.5, 0.6) is 0 Å². The van der Waals surface area contributed by atoms with Crippen molar-refractivity contribution >= 4 is 40.6 Å². The first-order chi connectivity index (χ1) is 16.2. The second-order valence-corrected chi connectivity index (χ2v) is 8.97. The molecule has 0 saturated heterocycles. The van der Waals surface area contributed by atoms with Gasteiger partial charge in [0.2, 0.25) is 0 Å². The lowest BCUT2D eigenvalue weighted by Crippen LogP contribution is -2.36. The summed E-state index contributed by atoms with van der Waals surface area (Å²) >= 11 is 1.61. The fraction of sp³-hybridized carbons (Fsp3) is 0.250. The van der Waals surface area contributed by atoms with Gasteiger partial charge in [-0.2, -0.15) is 0 Å². The van der Waals surface area contributed by atoms with Crippen molar-refractivity contribution in [2.45, 2.75) is 32.9 Å². The monoisotopic (exact) mass is 479 g/mol. The normalized spacial score (nSPS) is 10.6. The molecule has 3 rings (SSSR count). The number of carbonyl (C=O) groups is 2. The van der Waals surface area contributed by atoms with E-state index in [1.807, 2.05) is 17.5 Å². The van der Waals surface area contributed by atoms with Crippen LogP contribution in [0.3, 0.4) is 0 Å². The van der Waals surface area contributed by atoms with Crippen LogP contribution in [0.4, 0.5) is 16.2 Å². The summed E-state index contributed by atoms with van der Waals surface area (Å²) in [5.41, 5.74) is 14.2. The fourth-order valence-corrected chi connectivity index (χ4v) is 3.86. The maximum atomic E-state index is 12.4. The number of benzene rings is 2. The molecule has 0 aliphatic heterocycles. The van der Waals surface area contributed by atoms with E-state index in [2.05, 4.69) is 34.5 Å². The number of guanidine groups is 1. The predicted molar refractivity (Wildman–Crippen MR) is 136 cm³/mol. The highest BCUT2D eigenvalue weighted by atomic mass is 32.1. The number of anilines is 1. The number of hydrogen-bond donors (Lipinski definition) is 4. The first-order valence-corrected chi connectivity index (χ1v) is 11.6. The number of nitrogens with zero attached hydrogens (tertiary/aromatic N) is 3. The van der Waals surface area contributed by atoms with Gasteiger partial charge in [-0.05, 0) is 42.0 Å². The van der Waals surface area contributed by atoms with E-state index >= 15 is 0 Å². The number of hydrogen-bond acceptors (Lipinski definition) is 5. The van der Waals surface area contributed by atoms with Crippen LogP contribution in [0.1, 0.15) is 46.4 Å². The number of carbonyl (C=O) groups excluding carboxylic acids is 2. The summed E-state index contributed by atoms with van der Waals surface area (Å²) < 4.78 is 0. The topological polar surface area (TPSA) is 139 Å². The van der Waals surface area contributed by atoms with Gasteiger partial charge in [0, 0.05) is 36.1 Å². The first kappa shape index (κ1) is 24.7. The molecule has 0 fully saturated rings. The molecule has 10 heteroatoms. The summed E-state index contributed by atoms with van der Waals surface area (Å²) in [5.74, 6) is 0.0866. The zero-order valence-corrected chi connectivity index (χ0v) is 20.2. The molecule has 0 spiro atoms. The number of rotatable bonds is 8. The summed E-state index contributed by atoms with van der Waals surface area (Å²) in [6.07, 6.45) is 0. The van der Waals surface area contributed by atoms with Gasteiger partial charge in [0.1, 0.15) is 0 Å².